The highest BCUT2D eigenvalue weighted by Crippen LogP contribution is 2.17. The van der Waals surface area contributed by atoms with Crippen LogP contribution in [0.3, 0.4) is 0 Å². The van der Waals surface area contributed by atoms with Crippen molar-refractivity contribution in [3.8, 4) is 5.75 Å². The summed E-state index contributed by atoms with van der Waals surface area (Å²) in [5, 5.41) is 2.65. The average molecular weight is 389 g/mol. The third-order valence-electron chi connectivity index (χ3n) is 3.43. The molecule has 0 unspecified atom stereocenters. The zero-order valence-electron chi connectivity index (χ0n) is 14.9. The summed E-state index contributed by atoms with van der Waals surface area (Å²) in [5.41, 5.74) is 0.546. The van der Waals surface area contributed by atoms with E-state index < -0.39 is 5.97 Å². The molecular weight excluding hydrogens is 370 g/mol. The van der Waals surface area contributed by atoms with Gasteiger partial charge in [-0.15, -0.1) is 11.3 Å². The smallest absolute Gasteiger partial charge is 0.344 e. The van der Waals surface area contributed by atoms with E-state index in [0.29, 0.717) is 22.7 Å². The van der Waals surface area contributed by atoms with Crippen LogP contribution in [0.1, 0.15) is 38.8 Å². The quantitative estimate of drug-likeness (QED) is 0.522. The van der Waals surface area contributed by atoms with Gasteiger partial charge in [-0.2, -0.15) is 0 Å². The molecule has 2 aromatic rings. The Labute approximate surface area is 160 Å². The van der Waals surface area contributed by atoms with Crippen LogP contribution in [0.4, 0.5) is 0 Å². The van der Waals surface area contributed by atoms with E-state index in [-0.39, 0.29) is 30.7 Å². The summed E-state index contributed by atoms with van der Waals surface area (Å²) in [4.78, 5) is 47.1. The lowest BCUT2D eigenvalue weighted by Gasteiger charge is -2.06. The van der Waals surface area contributed by atoms with Gasteiger partial charge in [0.1, 0.15) is 5.75 Å². The molecule has 0 saturated carbocycles. The third kappa shape index (κ3) is 6.67. The molecule has 7 nitrogen and oxygen atoms in total. The second-order valence-corrected chi connectivity index (χ2v) is 6.80. The van der Waals surface area contributed by atoms with E-state index in [1.807, 2.05) is 0 Å². The minimum atomic E-state index is -0.672. The molecule has 0 spiro atoms. The normalized spacial score (nSPS) is 10.1. The first-order valence-electron chi connectivity index (χ1n) is 8.11. The molecule has 0 aliphatic heterocycles. The van der Waals surface area contributed by atoms with E-state index in [9.17, 15) is 19.2 Å². The van der Waals surface area contributed by atoms with E-state index in [1.54, 1.807) is 36.4 Å². The van der Waals surface area contributed by atoms with Crippen LogP contribution in [-0.4, -0.2) is 36.7 Å². The number of Topliss-reactive ketones (excluding diaryl/α,β-unsaturated/α-hetero) is 2. The minimum Gasteiger partial charge on any atom is -0.482 e. The zero-order chi connectivity index (χ0) is 19.8. The number of hydrogen-bond acceptors (Lipinski definition) is 7. The van der Waals surface area contributed by atoms with Crippen LogP contribution in [-0.2, 0) is 20.9 Å². The van der Waals surface area contributed by atoms with Crippen molar-refractivity contribution in [2.75, 3.05) is 13.2 Å². The molecule has 142 valence electrons. The number of carbonyl (C=O) groups excluding carboxylic acids is 4. The van der Waals surface area contributed by atoms with E-state index in [2.05, 4.69) is 5.32 Å². The van der Waals surface area contributed by atoms with Gasteiger partial charge in [-0.05, 0) is 43.3 Å². The lowest BCUT2D eigenvalue weighted by atomic mass is 10.1. The third-order valence-corrected chi connectivity index (χ3v) is 4.56. The minimum absolute atomic E-state index is 0.0618. The molecule has 0 fully saturated rings. The van der Waals surface area contributed by atoms with Gasteiger partial charge in [0.2, 0.25) is 11.7 Å². The zero-order valence-corrected chi connectivity index (χ0v) is 15.8. The molecule has 1 N–H and O–H groups in total. The van der Waals surface area contributed by atoms with Crippen molar-refractivity contribution in [2.24, 2.45) is 0 Å². The maximum absolute atomic E-state index is 12.0. The highest BCUT2D eigenvalue weighted by Gasteiger charge is 2.13. The van der Waals surface area contributed by atoms with E-state index >= 15 is 0 Å². The molecule has 2 rings (SSSR count). The highest BCUT2D eigenvalue weighted by atomic mass is 32.1. The summed E-state index contributed by atoms with van der Waals surface area (Å²) in [6.07, 6.45) is 0. The standard InChI is InChI=1S/C19H19NO6S/c1-12(21)14-3-5-15(6-4-14)25-11-19(24)26-10-17(23)18-8-7-16(27-18)9-20-13(2)22/h3-8H,9-11H2,1-2H3,(H,20,22). The Morgan fingerprint density at radius 2 is 1.67 bits per heavy atom. The van der Waals surface area contributed by atoms with Gasteiger partial charge >= 0.3 is 5.97 Å². The summed E-state index contributed by atoms with van der Waals surface area (Å²) in [6, 6.07) is 9.73. The van der Waals surface area contributed by atoms with Crippen molar-refractivity contribution in [2.45, 2.75) is 20.4 Å². The number of carbonyl (C=O) groups is 4. The molecule has 0 aliphatic rings. The van der Waals surface area contributed by atoms with Crippen LogP contribution in [0.2, 0.25) is 0 Å². The van der Waals surface area contributed by atoms with Crippen molar-refractivity contribution >= 4 is 34.8 Å². The molecule has 0 atom stereocenters. The van der Waals surface area contributed by atoms with Crippen molar-refractivity contribution < 1.29 is 28.7 Å². The van der Waals surface area contributed by atoms with Gasteiger partial charge in [0.15, 0.2) is 19.0 Å². The predicted octanol–water partition coefficient (Wildman–Crippen LogP) is 2.39. The van der Waals surface area contributed by atoms with Crippen molar-refractivity contribution in [1.82, 2.24) is 5.32 Å². The lowest BCUT2D eigenvalue weighted by molar-refractivity contribution is -0.144. The topological polar surface area (TPSA) is 98.8 Å². The molecular formula is C19H19NO6S. The van der Waals surface area contributed by atoms with Crippen LogP contribution >= 0.6 is 11.3 Å². The Balaban J connectivity index is 1.75. The first kappa shape index (κ1) is 20.3. The number of benzene rings is 1. The number of thiophene rings is 1. The molecule has 1 heterocycles. The molecule has 1 aromatic carbocycles. The SMILES string of the molecule is CC(=O)NCc1ccc(C(=O)COC(=O)COc2ccc(C(C)=O)cc2)s1. The van der Waals surface area contributed by atoms with Crippen molar-refractivity contribution in [3.63, 3.8) is 0 Å². The molecule has 1 aromatic heterocycles. The molecule has 1 amide bonds. The number of esters is 1. The molecule has 27 heavy (non-hydrogen) atoms. The predicted molar refractivity (Wildman–Crippen MR) is 99.1 cm³/mol. The number of ether oxygens (including phenoxy) is 2. The van der Waals surface area contributed by atoms with Crippen LogP contribution in [0.25, 0.3) is 0 Å². The van der Waals surface area contributed by atoms with Gasteiger partial charge in [-0.3, -0.25) is 14.4 Å². The summed E-state index contributed by atoms with van der Waals surface area (Å²) in [7, 11) is 0. The first-order valence-corrected chi connectivity index (χ1v) is 8.92. The second kappa shape index (κ2) is 9.63. The van der Waals surface area contributed by atoms with Gasteiger partial charge in [0.05, 0.1) is 11.4 Å². The van der Waals surface area contributed by atoms with Gasteiger partial charge in [0.25, 0.3) is 0 Å². The highest BCUT2D eigenvalue weighted by molar-refractivity contribution is 7.14. The Morgan fingerprint density at radius 3 is 2.30 bits per heavy atom. The molecule has 0 saturated heterocycles. The Kier molecular flexibility index (Phi) is 7.25. The molecule has 0 bridgehead atoms. The van der Waals surface area contributed by atoms with Crippen LogP contribution in [0.15, 0.2) is 36.4 Å². The monoisotopic (exact) mass is 389 g/mol. The largest absolute Gasteiger partial charge is 0.482 e. The number of nitrogens with one attached hydrogen (secondary N) is 1. The van der Waals surface area contributed by atoms with Gasteiger partial charge in [-0.1, -0.05) is 0 Å². The fraction of sp³-hybridized carbons (Fsp3) is 0.263. The van der Waals surface area contributed by atoms with Gasteiger partial charge < -0.3 is 14.8 Å². The number of ketones is 2. The Hall–Kier alpha value is -3.00. The fourth-order valence-corrected chi connectivity index (χ4v) is 2.89. The number of amides is 1. The van der Waals surface area contributed by atoms with E-state index in [1.165, 1.54) is 25.2 Å². The summed E-state index contributed by atoms with van der Waals surface area (Å²) < 4.78 is 10.2. The second-order valence-electron chi connectivity index (χ2n) is 5.63. The maximum atomic E-state index is 12.0. The van der Waals surface area contributed by atoms with Crippen LogP contribution in [0.5, 0.6) is 5.75 Å². The van der Waals surface area contributed by atoms with Gasteiger partial charge in [-0.25, -0.2) is 4.79 Å². The van der Waals surface area contributed by atoms with Crippen molar-refractivity contribution in [3.05, 3.63) is 51.7 Å². The number of rotatable bonds is 9. The van der Waals surface area contributed by atoms with Crippen LogP contribution in [0, 0.1) is 0 Å². The van der Waals surface area contributed by atoms with Crippen molar-refractivity contribution in [1.29, 1.82) is 0 Å². The fourth-order valence-electron chi connectivity index (χ4n) is 2.02. The average Bonchev–Trinajstić information content (AvgIpc) is 3.12. The van der Waals surface area contributed by atoms with E-state index in [0.717, 1.165) is 4.88 Å². The first-order chi connectivity index (χ1) is 12.8. The molecule has 8 heteroatoms. The van der Waals surface area contributed by atoms with E-state index in [4.69, 9.17) is 9.47 Å². The molecule has 0 aliphatic carbocycles. The lowest BCUT2D eigenvalue weighted by Crippen LogP contribution is -2.19. The number of hydrogen-bond donors (Lipinski definition) is 1. The Morgan fingerprint density at radius 1 is 0.963 bits per heavy atom. The van der Waals surface area contributed by atoms with Crippen LogP contribution < -0.4 is 10.1 Å². The van der Waals surface area contributed by atoms with Gasteiger partial charge in [0, 0.05) is 17.4 Å². The summed E-state index contributed by atoms with van der Waals surface area (Å²) >= 11 is 1.23. The maximum Gasteiger partial charge on any atom is 0.344 e. The summed E-state index contributed by atoms with van der Waals surface area (Å²) in [6.45, 7) is 2.50. The Bertz CT molecular complexity index is 840. The summed E-state index contributed by atoms with van der Waals surface area (Å²) in [5.74, 6) is -0.791. The molecule has 0 radical (unpaired) electrons.